The van der Waals surface area contributed by atoms with Gasteiger partial charge >= 0.3 is 0 Å². The van der Waals surface area contributed by atoms with Crippen molar-refractivity contribution in [2.75, 3.05) is 13.2 Å². The molecule has 1 aromatic carbocycles. The van der Waals surface area contributed by atoms with Crippen molar-refractivity contribution in [2.24, 2.45) is 0 Å². The highest BCUT2D eigenvalue weighted by Crippen LogP contribution is 2.26. The molecule has 1 aromatic heterocycles. The third-order valence-electron chi connectivity index (χ3n) is 4.16. The van der Waals surface area contributed by atoms with E-state index in [-0.39, 0.29) is 18.6 Å². The molecule has 1 amide bonds. The van der Waals surface area contributed by atoms with Gasteiger partial charge in [0.05, 0.1) is 0 Å². The van der Waals surface area contributed by atoms with E-state index >= 15 is 0 Å². The molecule has 1 unspecified atom stereocenters. The normalized spacial score (nSPS) is 18.9. The Kier molecular flexibility index (Phi) is 3.74. The predicted molar refractivity (Wildman–Crippen MR) is 78.7 cm³/mol. The summed E-state index contributed by atoms with van der Waals surface area (Å²) in [6, 6.07) is 8.05. The number of nitrogens with one attached hydrogen (secondary N) is 1. The first kappa shape index (κ1) is 13.2. The van der Waals surface area contributed by atoms with Crippen molar-refractivity contribution >= 4 is 16.8 Å². The molecular weight excluding hydrogens is 252 g/mol. The minimum absolute atomic E-state index is 0.121. The van der Waals surface area contributed by atoms with E-state index in [0.29, 0.717) is 0 Å². The van der Waals surface area contributed by atoms with Gasteiger partial charge in [0.25, 0.3) is 5.91 Å². The maximum absolute atomic E-state index is 12.8. The largest absolute Gasteiger partial charge is 0.396 e. The Labute approximate surface area is 118 Å². The lowest BCUT2D eigenvalue weighted by molar-refractivity contribution is 0.0726. The lowest BCUT2D eigenvalue weighted by atomic mass is 10.1. The highest BCUT2D eigenvalue weighted by atomic mass is 16.3. The van der Waals surface area contributed by atoms with Crippen LogP contribution in [0.1, 0.15) is 36.0 Å². The highest BCUT2D eigenvalue weighted by Gasteiger charge is 2.29. The quantitative estimate of drug-likeness (QED) is 0.898. The van der Waals surface area contributed by atoms with Gasteiger partial charge in [-0.05, 0) is 43.9 Å². The zero-order chi connectivity index (χ0) is 13.9. The first-order chi connectivity index (χ1) is 9.81. The van der Waals surface area contributed by atoms with E-state index in [1.54, 1.807) is 0 Å². The number of hydrogen-bond acceptors (Lipinski definition) is 2. The van der Waals surface area contributed by atoms with Crippen LogP contribution in [0.4, 0.5) is 0 Å². The van der Waals surface area contributed by atoms with Gasteiger partial charge in [0.15, 0.2) is 0 Å². The molecule has 0 radical (unpaired) electrons. The number of likely N-dealkylation sites (tertiary alicyclic amines) is 1. The van der Waals surface area contributed by atoms with Crippen LogP contribution in [0, 0.1) is 0 Å². The maximum Gasteiger partial charge on any atom is 0.254 e. The number of carbonyl (C=O) groups is 1. The van der Waals surface area contributed by atoms with E-state index < -0.39 is 0 Å². The van der Waals surface area contributed by atoms with Crippen LogP contribution in [-0.2, 0) is 0 Å². The molecule has 2 heterocycles. The molecule has 106 valence electrons. The van der Waals surface area contributed by atoms with Crippen LogP contribution in [0.5, 0.6) is 0 Å². The number of aliphatic hydroxyl groups excluding tert-OH is 1. The van der Waals surface area contributed by atoms with Crippen LogP contribution in [-0.4, -0.2) is 40.1 Å². The van der Waals surface area contributed by atoms with Crippen LogP contribution >= 0.6 is 0 Å². The number of fused-ring (bicyclic) bond motifs is 1. The third-order valence-corrected chi connectivity index (χ3v) is 4.16. The van der Waals surface area contributed by atoms with E-state index in [0.717, 1.165) is 48.7 Å². The molecule has 0 bridgehead atoms. The van der Waals surface area contributed by atoms with Crippen LogP contribution in [0.25, 0.3) is 10.9 Å². The molecule has 1 saturated heterocycles. The first-order valence-electron chi connectivity index (χ1n) is 7.29. The van der Waals surface area contributed by atoms with Crippen molar-refractivity contribution in [3.63, 3.8) is 0 Å². The van der Waals surface area contributed by atoms with Gasteiger partial charge in [-0.25, -0.2) is 0 Å². The number of H-pyrrole nitrogens is 1. The summed E-state index contributed by atoms with van der Waals surface area (Å²) in [7, 11) is 0. The number of nitrogens with zero attached hydrogens (tertiary/aromatic N) is 1. The second-order valence-corrected chi connectivity index (χ2v) is 5.40. The molecule has 2 N–H and O–H groups in total. The number of carbonyl (C=O) groups excluding carboxylic acids is 1. The molecule has 3 rings (SSSR count). The number of hydrogen-bond donors (Lipinski definition) is 2. The summed E-state index contributed by atoms with van der Waals surface area (Å²) >= 11 is 0. The van der Waals surface area contributed by atoms with Gasteiger partial charge in [0.1, 0.15) is 0 Å². The van der Waals surface area contributed by atoms with Gasteiger partial charge in [0.2, 0.25) is 0 Å². The zero-order valence-electron chi connectivity index (χ0n) is 11.5. The van der Waals surface area contributed by atoms with Crippen LogP contribution in [0.15, 0.2) is 30.5 Å². The maximum atomic E-state index is 12.8. The monoisotopic (exact) mass is 272 g/mol. The van der Waals surface area contributed by atoms with Crippen LogP contribution < -0.4 is 0 Å². The second kappa shape index (κ2) is 5.67. The van der Waals surface area contributed by atoms with Gasteiger partial charge in [0, 0.05) is 41.9 Å². The Morgan fingerprint density at radius 2 is 2.30 bits per heavy atom. The molecule has 1 aliphatic heterocycles. The first-order valence-corrected chi connectivity index (χ1v) is 7.29. The van der Waals surface area contributed by atoms with E-state index in [1.807, 2.05) is 35.4 Å². The van der Waals surface area contributed by atoms with Crippen LogP contribution in [0.2, 0.25) is 0 Å². The van der Waals surface area contributed by atoms with Crippen molar-refractivity contribution in [1.82, 2.24) is 9.88 Å². The summed E-state index contributed by atoms with van der Waals surface area (Å²) in [6.07, 6.45) is 5.64. The number of aliphatic hydroxyl groups is 1. The topological polar surface area (TPSA) is 56.3 Å². The molecule has 2 aromatic rings. The minimum atomic E-state index is 0.121. The Balaban J connectivity index is 1.86. The summed E-state index contributed by atoms with van der Waals surface area (Å²) < 4.78 is 0. The number of amides is 1. The number of aromatic amines is 1. The van der Waals surface area contributed by atoms with Gasteiger partial charge in [-0.15, -0.1) is 0 Å². The third kappa shape index (κ3) is 2.31. The number of benzene rings is 1. The lowest BCUT2D eigenvalue weighted by Crippen LogP contribution is -2.35. The van der Waals surface area contributed by atoms with Gasteiger partial charge in [-0.2, -0.15) is 0 Å². The lowest BCUT2D eigenvalue weighted by Gasteiger charge is -2.25. The number of rotatable bonds is 4. The molecular formula is C16H20N2O2. The SMILES string of the molecule is O=C(c1cccc2[nH]ccc12)N1CCCC1CCCO. The van der Waals surface area contributed by atoms with Gasteiger partial charge in [-0.3, -0.25) is 4.79 Å². The Hall–Kier alpha value is -1.81. The summed E-state index contributed by atoms with van der Waals surface area (Å²) in [5.41, 5.74) is 1.78. The molecule has 0 aliphatic carbocycles. The van der Waals surface area contributed by atoms with E-state index in [4.69, 9.17) is 5.11 Å². The minimum Gasteiger partial charge on any atom is -0.396 e. The standard InChI is InChI=1S/C16H20N2O2/c19-11-3-5-12-4-2-10-18(12)16(20)14-6-1-7-15-13(14)8-9-17-15/h1,6-9,12,17,19H,2-5,10-11H2. The van der Waals surface area contributed by atoms with Crippen molar-refractivity contribution < 1.29 is 9.90 Å². The van der Waals surface area contributed by atoms with Crippen molar-refractivity contribution in [3.8, 4) is 0 Å². The molecule has 20 heavy (non-hydrogen) atoms. The fourth-order valence-electron chi connectivity index (χ4n) is 3.16. The van der Waals surface area contributed by atoms with Gasteiger partial charge in [-0.1, -0.05) is 6.07 Å². The highest BCUT2D eigenvalue weighted by molar-refractivity contribution is 6.06. The molecule has 4 heteroatoms. The fraction of sp³-hybridized carbons (Fsp3) is 0.438. The van der Waals surface area contributed by atoms with E-state index in [9.17, 15) is 4.79 Å². The summed E-state index contributed by atoms with van der Waals surface area (Å²) in [4.78, 5) is 17.9. The van der Waals surface area contributed by atoms with E-state index in [2.05, 4.69) is 4.98 Å². The average Bonchev–Trinajstić information content (AvgIpc) is 3.12. The summed E-state index contributed by atoms with van der Waals surface area (Å²) in [5, 5.41) is 9.97. The van der Waals surface area contributed by atoms with Crippen LogP contribution in [0.3, 0.4) is 0 Å². The van der Waals surface area contributed by atoms with Crippen molar-refractivity contribution in [2.45, 2.75) is 31.7 Å². The second-order valence-electron chi connectivity index (χ2n) is 5.40. The smallest absolute Gasteiger partial charge is 0.254 e. The molecule has 0 saturated carbocycles. The Morgan fingerprint density at radius 3 is 3.15 bits per heavy atom. The molecule has 1 atom stereocenters. The Bertz CT molecular complexity index is 605. The summed E-state index contributed by atoms with van der Waals surface area (Å²) in [6.45, 7) is 1.03. The average molecular weight is 272 g/mol. The van der Waals surface area contributed by atoms with Crippen molar-refractivity contribution in [3.05, 3.63) is 36.0 Å². The Morgan fingerprint density at radius 1 is 1.40 bits per heavy atom. The zero-order valence-corrected chi connectivity index (χ0v) is 11.5. The van der Waals surface area contributed by atoms with Crippen molar-refractivity contribution in [1.29, 1.82) is 0 Å². The molecule has 4 nitrogen and oxygen atoms in total. The molecule has 0 spiro atoms. The molecule has 1 aliphatic rings. The fourth-order valence-corrected chi connectivity index (χ4v) is 3.16. The van der Waals surface area contributed by atoms with Gasteiger partial charge < -0.3 is 15.0 Å². The summed E-state index contributed by atoms with van der Waals surface area (Å²) in [5.74, 6) is 0.121. The number of aromatic nitrogens is 1. The predicted octanol–water partition coefficient (Wildman–Crippen LogP) is 2.55. The molecule has 1 fully saturated rings. The van der Waals surface area contributed by atoms with E-state index in [1.165, 1.54) is 0 Å².